The first-order chi connectivity index (χ1) is 16.4. The average molecular weight is 466 g/mol. The van der Waals surface area contributed by atoms with Gasteiger partial charge >= 0.3 is 6.03 Å². The summed E-state index contributed by atoms with van der Waals surface area (Å²) in [6, 6.07) is 7.57. The van der Waals surface area contributed by atoms with Crippen molar-refractivity contribution in [2.24, 2.45) is 0 Å². The van der Waals surface area contributed by atoms with Crippen molar-refractivity contribution in [3.8, 4) is 11.5 Å². The molecule has 0 spiro atoms. The zero-order valence-electron chi connectivity index (χ0n) is 18.0. The number of furan rings is 1. The largest absolute Gasteiger partial charge is 0.494 e. The lowest BCUT2D eigenvalue weighted by molar-refractivity contribution is -0.126. The van der Waals surface area contributed by atoms with Crippen molar-refractivity contribution < 1.29 is 32.7 Å². The Labute approximate surface area is 192 Å². The predicted molar refractivity (Wildman–Crippen MR) is 115 cm³/mol. The first-order valence-electron chi connectivity index (χ1n) is 10.6. The zero-order valence-corrected chi connectivity index (χ0v) is 18.0. The van der Waals surface area contributed by atoms with E-state index in [-0.39, 0.29) is 43.0 Å². The molecular formula is C23H19FN4O6. The molecule has 1 aromatic heterocycles. The van der Waals surface area contributed by atoms with Crippen LogP contribution in [0.4, 0.5) is 9.18 Å². The van der Waals surface area contributed by atoms with Gasteiger partial charge in [-0.3, -0.25) is 19.8 Å². The Morgan fingerprint density at radius 3 is 2.82 bits per heavy atom. The Kier molecular flexibility index (Phi) is 4.33. The van der Waals surface area contributed by atoms with E-state index in [1.165, 1.54) is 13.2 Å². The molecule has 4 amide bonds. The van der Waals surface area contributed by atoms with Crippen LogP contribution in [0.2, 0.25) is 0 Å². The minimum Gasteiger partial charge on any atom is -0.494 e. The Hall–Kier alpha value is -4.12. The van der Waals surface area contributed by atoms with Crippen LogP contribution in [0, 0.1) is 5.82 Å². The van der Waals surface area contributed by atoms with Crippen molar-refractivity contribution in [1.29, 1.82) is 0 Å². The number of methoxy groups -OCH3 is 1. The van der Waals surface area contributed by atoms with Gasteiger partial charge in [0, 0.05) is 36.1 Å². The molecule has 2 aromatic carbocycles. The molecule has 1 saturated heterocycles. The van der Waals surface area contributed by atoms with Gasteiger partial charge in [-0.2, -0.15) is 4.39 Å². The summed E-state index contributed by atoms with van der Waals surface area (Å²) in [6.45, 7) is 0.615. The van der Waals surface area contributed by atoms with Gasteiger partial charge in [0.25, 0.3) is 11.8 Å². The number of rotatable bonds is 4. The molecule has 6 rings (SSSR count). The lowest BCUT2D eigenvalue weighted by atomic mass is 9.94. The van der Waals surface area contributed by atoms with Gasteiger partial charge in [-0.1, -0.05) is 6.07 Å². The van der Waals surface area contributed by atoms with Crippen molar-refractivity contribution >= 4 is 28.8 Å². The van der Waals surface area contributed by atoms with Crippen LogP contribution in [0.15, 0.2) is 34.7 Å². The minimum atomic E-state index is -1.54. The van der Waals surface area contributed by atoms with Gasteiger partial charge in [0.15, 0.2) is 17.0 Å². The van der Waals surface area contributed by atoms with E-state index in [1.807, 2.05) is 0 Å². The third-order valence-corrected chi connectivity index (χ3v) is 6.45. The van der Waals surface area contributed by atoms with Crippen LogP contribution < -0.4 is 25.4 Å². The number of amides is 4. The molecule has 3 N–H and O–H groups in total. The molecule has 3 aliphatic heterocycles. The van der Waals surface area contributed by atoms with E-state index < -0.39 is 23.3 Å². The lowest BCUT2D eigenvalue weighted by Gasteiger charge is -2.34. The standard InChI is InChI=1S/C23H19FN4O6/c1-32-16-4-2-11-8-28(10-33-19(11)18(16)24)9-23(21(30)26-22(31)27-23)17-6-13-14-7-25-20(29)12(14)3-5-15(13)34-17/h2-6H,7-10H2,1H3,(H,25,29)(H2,26,27,30,31)/t23-/m0/s1. The molecule has 10 nitrogen and oxygen atoms in total. The number of urea groups is 1. The second-order valence-electron chi connectivity index (χ2n) is 8.44. The summed E-state index contributed by atoms with van der Waals surface area (Å²) in [4.78, 5) is 39.1. The van der Waals surface area contributed by atoms with E-state index in [4.69, 9.17) is 13.9 Å². The van der Waals surface area contributed by atoms with Gasteiger partial charge in [-0.05, 0) is 29.8 Å². The van der Waals surface area contributed by atoms with Gasteiger partial charge in [-0.25, -0.2) is 4.79 Å². The molecule has 11 heteroatoms. The number of hydrogen-bond acceptors (Lipinski definition) is 7. The first kappa shape index (κ1) is 20.5. The van der Waals surface area contributed by atoms with E-state index >= 15 is 0 Å². The number of benzene rings is 2. The fourth-order valence-electron chi connectivity index (χ4n) is 4.80. The van der Waals surface area contributed by atoms with Crippen molar-refractivity contribution in [2.45, 2.75) is 18.6 Å². The summed E-state index contributed by atoms with van der Waals surface area (Å²) in [5, 5.41) is 8.45. The maximum atomic E-state index is 14.6. The maximum absolute atomic E-state index is 14.6. The number of nitrogens with one attached hydrogen (secondary N) is 3. The molecule has 1 fully saturated rings. The molecule has 0 aliphatic carbocycles. The number of ether oxygens (including phenoxy) is 2. The number of nitrogens with zero attached hydrogens (tertiary/aromatic N) is 1. The third kappa shape index (κ3) is 2.86. The molecule has 3 aromatic rings. The van der Waals surface area contributed by atoms with Gasteiger partial charge in [0.05, 0.1) is 7.11 Å². The van der Waals surface area contributed by atoms with E-state index in [0.29, 0.717) is 28.6 Å². The first-order valence-corrected chi connectivity index (χ1v) is 10.6. The molecule has 3 aliphatic rings. The Balaban J connectivity index is 1.38. The molecule has 0 saturated carbocycles. The summed E-state index contributed by atoms with van der Waals surface area (Å²) in [5.74, 6) is -0.931. The summed E-state index contributed by atoms with van der Waals surface area (Å²) in [6.07, 6.45) is 0. The normalized spacial score (nSPS) is 21.5. The number of carbonyl (C=O) groups excluding carboxylic acids is 3. The summed E-state index contributed by atoms with van der Waals surface area (Å²) in [5.41, 5.74) is 0.860. The van der Waals surface area contributed by atoms with Gasteiger partial charge in [-0.15, -0.1) is 0 Å². The Bertz CT molecular complexity index is 1400. The van der Waals surface area contributed by atoms with Crippen LogP contribution in [0.25, 0.3) is 11.0 Å². The monoisotopic (exact) mass is 466 g/mol. The highest BCUT2D eigenvalue weighted by Crippen LogP contribution is 2.38. The van der Waals surface area contributed by atoms with Gasteiger partial charge in [0.2, 0.25) is 5.82 Å². The van der Waals surface area contributed by atoms with Crippen molar-refractivity contribution in [2.75, 3.05) is 20.4 Å². The van der Waals surface area contributed by atoms with Crippen LogP contribution in [0.5, 0.6) is 11.5 Å². The second-order valence-corrected chi connectivity index (χ2v) is 8.44. The van der Waals surface area contributed by atoms with Gasteiger partial charge in [0.1, 0.15) is 18.1 Å². The van der Waals surface area contributed by atoms with Crippen LogP contribution in [-0.2, 0) is 23.4 Å². The SMILES string of the molecule is COc1ccc2c(c1F)OCN(C[C@@]1(c3cc4c5c(ccc4o3)C(=O)NC5)NC(=O)NC1=O)C2. The Morgan fingerprint density at radius 1 is 1.21 bits per heavy atom. The summed E-state index contributed by atoms with van der Waals surface area (Å²) < 4.78 is 31.2. The Morgan fingerprint density at radius 2 is 2.06 bits per heavy atom. The predicted octanol–water partition coefficient (Wildman–Crippen LogP) is 1.71. The zero-order chi connectivity index (χ0) is 23.6. The number of hydrogen-bond donors (Lipinski definition) is 3. The van der Waals surface area contributed by atoms with Gasteiger partial charge < -0.3 is 24.5 Å². The molecule has 0 unspecified atom stereocenters. The molecule has 0 bridgehead atoms. The number of fused-ring (bicyclic) bond motifs is 4. The molecule has 174 valence electrons. The van der Waals surface area contributed by atoms with Crippen molar-refractivity contribution in [3.05, 3.63) is 58.6 Å². The highest BCUT2D eigenvalue weighted by atomic mass is 19.1. The fraction of sp³-hybridized carbons (Fsp3) is 0.261. The van der Waals surface area contributed by atoms with Crippen LogP contribution >= 0.6 is 0 Å². The minimum absolute atomic E-state index is 0.0108. The van der Waals surface area contributed by atoms with Crippen molar-refractivity contribution in [1.82, 2.24) is 20.9 Å². The molecule has 1 atom stereocenters. The number of carbonyl (C=O) groups is 3. The van der Waals surface area contributed by atoms with Crippen LogP contribution in [-0.4, -0.2) is 43.1 Å². The number of imide groups is 1. The topological polar surface area (TPSA) is 122 Å². The van der Waals surface area contributed by atoms with Crippen molar-refractivity contribution in [3.63, 3.8) is 0 Å². The number of halogens is 1. The average Bonchev–Trinajstić information content (AvgIpc) is 3.49. The summed E-state index contributed by atoms with van der Waals surface area (Å²) >= 11 is 0. The molecular weight excluding hydrogens is 447 g/mol. The summed E-state index contributed by atoms with van der Waals surface area (Å²) in [7, 11) is 1.37. The van der Waals surface area contributed by atoms with E-state index in [2.05, 4.69) is 16.0 Å². The third-order valence-electron chi connectivity index (χ3n) is 6.45. The highest BCUT2D eigenvalue weighted by Gasteiger charge is 2.52. The van der Waals surface area contributed by atoms with E-state index in [1.54, 1.807) is 29.2 Å². The van der Waals surface area contributed by atoms with Crippen LogP contribution in [0.1, 0.15) is 27.2 Å². The molecule has 4 heterocycles. The lowest BCUT2D eigenvalue weighted by Crippen LogP contribution is -2.53. The fourth-order valence-corrected chi connectivity index (χ4v) is 4.80. The highest BCUT2D eigenvalue weighted by molar-refractivity contribution is 6.08. The maximum Gasteiger partial charge on any atom is 0.322 e. The molecule has 0 radical (unpaired) electrons. The smallest absolute Gasteiger partial charge is 0.322 e. The van der Waals surface area contributed by atoms with Crippen LogP contribution in [0.3, 0.4) is 0 Å². The van der Waals surface area contributed by atoms with E-state index in [0.717, 1.165) is 5.56 Å². The quantitative estimate of drug-likeness (QED) is 0.501. The molecule has 34 heavy (non-hydrogen) atoms. The van der Waals surface area contributed by atoms with E-state index in [9.17, 15) is 18.8 Å². The second kappa shape index (κ2) is 7.19.